The minimum Gasteiger partial charge on any atom is -0.493 e. The SMILES string of the molecule is CC(C)COc1ccc(C=Nc2sc3c(c2C#N)CCN(C)C3)cc1. The number of ether oxygens (including phenoxy) is 1. The van der Waals surface area contributed by atoms with Crippen LogP contribution in [0.2, 0.25) is 0 Å². The smallest absolute Gasteiger partial charge is 0.134 e. The van der Waals surface area contributed by atoms with Crippen LogP contribution in [0.3, 0.4) is 0 Å². The van der Waals surface area contributed by atoms with Gasteiger partial charge in [0, 0.05) is 24.2 Å². The Hall–Kier alpha value is -2.16. The molecule has 0 saturated heterocycles. The molecule has 25 heavy (non-hydrogen) atoms. The first-order valence-electron chi connectivity index (χ1n) is 8.57. The van der Waals surface area contributed by atoms with Gasteiger partial charge in [0.05, 0.1) is 12.2 Å². The van der Waals surface area contributed by atoms with Crippen molar-refractivity contribution in [3.8, 4) is 11.8 Å². The van der Waals surface area contributed by atoms with Crippen molar-refractivity contribution in [3.63, 3.8) is 0 Å². The van der Waals surface area contributed by atoms with E-state index in [1.807, 2.05) is 30.5 Å². The second-order valence-corrected chi connectivity index (χ2v) is 7.90. The summed E-state index contributed by atoms with van der Waals surface area (Å²) in [5, 5.41) is 10.3. The molecule has 0 amide bonds. The summed E-state index contributed by atoms with van der Waals surface area (Å²) < 4.78 is 5.70. The van der Waals surface area contributed by atoms with E-state index < -0.39 is 0 Å². The van der Waals surface area contributed by atoms with Gasteiger partial charge in [0.25, 0.3) is 0 Å². The largest absolute Gasteiger partial charge is 0.493 e. The average molecular weight is 353 g/mol. The molecule has 0 radical (unpaired) electrons. The van der Waals surface area contributed by atoms with E-state index in [-0.39, 0.29) is 0 Å². The first-order chi connectivity index (χ1) is 12.1. The highest BCUT2D eigenvalue weighted by Crippen LogP contribution is 2.38. The van der Waals surface area contributed by atoms with Gasteiger partial charge in [-0.15, -0.1) is 11.3 Å². The fourth-order valence-corrected chi connectivity index (χ4v) is 3.99. The maximum atomic E-state index is 9.52. The summed E-state index contributed by atoms with van der Waals surface area (Å²) in [4.78, 5) is 8.15. The normalized spacial score (nSPS) is 14.7. The molecule has 1 aliphatic rings. The van der Waals surface area contributed by atoms with Crippen LogP contribution in [-0.2, 0) is 13.0 Å². The molecule has 3 rings (SSSR count). The van der Waals surface area contributed by atoms with Gasteiger partial charge in [0.2, 0.25) is 0 Å². The number of nitriles is 1. The lowest BCUT2D eigenvalue weighted by Gasteiger charge is -2.21. The summed E-state index contributed by atoms with van der Waals surface area (Å²) in [6.45, 7) is 6.89. The molecule has 2 heterocycles. The summed E-state index contributed by atoms with van der Waals surface area (Å²) in [5.74, 6) is 1.38. The van der Waals surface area contributed by atoms with Crippen molar-refractivity contribution in [2.75, 3.05) is 20.2 Å². The molecule has 4 nitrogen and oxygen atoms in total. The van der Waals surface area contributed by atoms with Crippen LogP contribution in [0.5, 0.6) is 5.75 Å². The molecular weight excluding hydrogens is 330 g/mol. The Morgan fingerprint density at radius 2 is 2.12 bits per heavy atom. The number of likely N-dealkylation sites (N-methyl/N-ethyl adjacent to an activating group) is 1. The Balaban J connectivity index is 1.75. The summed E-state index contributed by atoms with van der Waals surface area (Å²) in [5.41, 5.74) is 2.95. The van der Waals surface area contributed by atoms with E-state index in [0.29, 0.717) is 12.5 Å². The van der Waals surface area contributed by atoms with Gasteiger partial charge in [0.15, 0.2) is 0 Å². The number of nitrogens with zero attached hydrogens (tertiary/aromatic N) is 3. The molecule has 130 valence electrons. The summed E-state index contributed by atoms with van der Waals surface area (Å²) >= 11 is 1.64. The lowest BCUT2D eigenvalue weighted by atomic mass is 10.0. The molecule has 5 heteroatoms. The molecule has 0 saturated carbocycles. The highest BCUT2D eigenvalue weighted by Gasteiger charge is 2.22. The van der Waals surface area contributed by atoms with Crippen LogP contribution >= 0.6 is 11.3 Å². The number of rotatable bonds is 5. The number of benzene rings is 1. The maximum Gasteiger partial charge on any atom is 0.134 e. The Morgan fingerprint density at radius 3 is 2.80 bits per heavy atom. The zero-order valence-corrected chi connectivity index (χ0v) is 15.8. The lowest BCUT2D eigenvalue weighted by Crippen LogP contribution is -2.25. The third-order valence-corrected chi connectivity index (χ3v) is 5.26. The number of fused-ring (bicyclic) bond motifs is 1. The Morgan fingerprint density at radius 1 is 1.36 bits per heavy atom. The Labute approximate surface area is 153 Å². The van der Waals surface area contributed by atoms with Gasteiger partial charge in [-0.1, -0.05) is 13.8 Å². The third-order valence-electron chi connectivity index (χ3n) is 4.14. The van der Waals surface area contributed by atoms with Crippen molar-refractivity contribution < 1.29 is 4.74 Å². The summed E-state index contributed by atoms with van der Waals surface area (Å²) in [6.07, 6.45) is 2.76. The van der Waals surface area contributed by atoms with Crippen molar-refractivity contribution in [1.29, 1.82) is 5.26 Å². The van der Waals surface area contributed by atoms with Gasteiger partial charge in [-0.3, -0.25) is 0 Å². The van der Waals surface area contributed by atoms with Crippen LogP contribution in [0.25, 0.3) is 0 Å². The summed E-state index contributed by atoms with van der Waals surface area (Å²) in [7, 11) is 2.11. The van der Waals surface area contributed by atoms with Crippen molar-refractivity contribution in [2.24, 2.45) is 10.9 Å². The second kappa shape index (κ2) is 7.81. The molecule has 0 unspecified atom stereocenters. The molecule has 0 atom stereocenters. The van der Waals surface area contributed by atoms with Crippen molar-refractivity contribution >= 4 is 22.6 Å². The van der Waals surface area contributed by atoms with Gasteiger partial charge < -0.3 is 9.64 Å². The van der Waals surface area contributed by atoms with Crippen molar-refractivity contribution in [1.82, 2.24) is 4.90 Å². The van der Waals surface area contributed by atoms with Gasteiger partial charge in [-0.05, 0) is 54.8 Å². The lowest BCUT2D eigenvalue weighted by molar-refractivity contribution is 0.271. The van der Waals surface area contributed by atoms with Gasteiger partial charge in [-0.2, -0.15) is 5.26 Å². The second-order valence-electron chi connectivity index (χ2n) is 6.82. The molecule has 1 aromatic carbocycles. The van der Waals surface area contributed by atoms with Crippen LogP contribution in [0.4, 0.5) is 5.00 Å². The molecule has 1 aromatic heterocycles. The van der Waals surface area contributed by atoms with Gasteiger partial charge in [-0.25, -0.2) is 4.99 Å². The molecular formula is C20H23N3OS. The molecule has 0 bridgehead atoms. The minimum atomic E-state index is 0.509. The van der Waals surface area contributed by atoms with Crippen LogP contribution in [-0.4, -0.2) is 31.3 Å². The van der Waals surface area contributed by atoms with Crippen LogP contribution in [0.15, 0.2) is 29.3 Å². The van der Waals surface area contributed by atoms with Crippen molar-refractivity contribution in [2.45, 2.75) is 26.8 Å². The van der Waals surface area contributed by atoms with E-state index in [1.54, 1.807) is 11.3 Å². The van der Waals surface area contributed by atoms with Crippen molar-refractivity contribution in [3.05, 3.63) is 45.8 Å². The van der Waals surface area contributed by atoms with Gasteiger partial charge in [0.1, 0.15) is 16.8 Å². The van der Waals surface area contributed by atoms with E-state index >= 15 is 0 Å². The van der Waals surface area contributed by atoms with E-state index in [0.717, 1.165) is 41.4 Å². The van der Waals surface area contributed by atoms with E-state index in [1.165, 1.54) is 10.4 Å². The number of hydrogen-bond acceptors (Lipinski definition) is 5. The molecule has 0 N–H and O–H groups in total. The monoisotopic (exact) mass is 353 g/mol. The number of aliphatic imine (C=N–C) groups is 1. The number of thiophene rings is 1. The molecule has 0 spiro atoms. The fourth-order valence-electron chi connectivity index (χ4n) is 2.77. The van der Waals surface area contributed by atoms with E-state index in [9.17, 15) is 5.26 Å². The molecule has 2 aromatic rings. The average Bonchev–Trinajstić information content (AvgIpc) is 2.95. The predicted molar refractivity (Wildman–Crippen MR) is 103 cm³/mol. The zero-order chi connectivity index (χ0) is 17.8. The van der Waals surface area contributed by atoms with Crippen LogP contribution in [0.1, 0.15) is 35.4 Å². The first-order valence-corrected chi connectivity index (χ1v) is 9.38. The highest BCUT2D eigenvalue weighted by atomic mass is 32.1. The van der Waals surface area contributed by atoms with Crippen LogP contribution in [0, 0.1) is 17.2 Å². The standard InChI is InChI=1S/C20H23N3OS/c1-14(2)13-24-16-6-4-15(5-7-16)11-22-20-18(10-21)17-8-9-23(3)12-19(17)25-20/h4-7,11,14H,8-9,12-13H2,1-3H3. The van der Waals surface area contributed by atoms with E-state index in [4.69, 9.17) is 4.74 Å². The topological polar surface area (TPSA) is 48.6 Å². The Kier molecular flexibility index (Phi) is 5.52. The quantitative estimate of drug-likeness (QED) is 0.749. The third kappa shape index (κ3) is 4.28. The maximum absolute atomic E-state index is 9.52. The van der Waals surface area contributed by atoms with E-state index in [2.05, 4.69) is 36.9 Å². The molecule has 0 aliphatic carbocycles. The summed E-state index contributed by atoms with van der Waals surface area (Å²) in [6, 6.07) is 10.3. The zero-order valence-electron chi connectivity index (χ0n) is 15.0. The molecule has 1 aliphatic heterocycles. The highest BCUT2D eigenvalue weighted by molar-refractivity contribution is 7.16. The molecule has 0 fully saturated rings. The predicted octanol–water partition coefficient (Wildman–Crippen LogP) is 4.39. The number of hydrogen-bond donors (Lipinski definition) is 0. The fraction of sp³-hybridized carbons (Fsp3) is 0.400. The minimum absolute atomic E-state index is 0.509. The van der Waals surface area contributed by atoms with Crippen LogP contribution < -0.4 is 4.74 Å². The van der Waals surface area contributed by atoms with Gasteiger partial charge >= 0.3 is 0 Å². The Bertz CT molecular complexity index is 800. The first kappa shape index (κ1) is 17.7.